The summed E-state index contributed by atoms with van der Waals surface area (Å²) in [6, 6.07) is 0.901. The van der Waals surface area contributed by atoms with Crippen LogP contribution in [0.4, 0.5) is 0 Å². The lowest BCUT2D eigenvalue weighted by Gasteiger charge is -2.41. The first kappa shape index (κ1) is 10.1. The zero-order valence-electron chi connectivity index (χ0n) is 9.98. The van der Waals surface area contributed by atoms with E-state index in [9.17, 15) is 0 Å². The Morgan fingerprint density at radius 2 is 1.73 bits per heavy atom. The molecule has 2 nitrogen and oxygen atoms in total. The summed E-state index contributed by atoms with van der Waals surface area (Å²) < 4.78 is 5.81. The van der Waals surface area contributed by atoms with E-state index < -0.39 is 0 Å². The van der Waals surface area contributed by atoms with Gasteiger partial charge in [-0.3, -0.25) is 4.90 Å². The van der Waals surface area contributed by atoms with Gasteiger partial charge in [0.05, 0.1) is 12.2 Å². The fraction of sp³-hybridized carbons (Fsp3) is 1.00. The molecule has 0 aromatic rings. The molecule has 2 saturated carbocycles. The lowest BCUT2D eigenvalue weighted by molar-refractivity contribution is -0.0862. The Kier molecular flexibility index (Phi) is 2.52. The van der Waals surface area contributed by atoms with Gasteiger partial charge >= 0.3 is 0 Å². The highest BCUT2D eigenvalue weighted by molar-refractivity contribution is 4.96. The van der Waals surface area contributed by atoms with Crippen molar-refractivity contribution in [1.29, 1.82) is 0 Å². The van der Waals surface area contributed by atoms with Crippen LogP contribution in [0.15, 0.2) is 0 Å². The van der Waals surface area contributed by atoms with Gasteiger partial charge in [-0.1, -0.05) is 6.42 Å². The van der Waals surface area contributed by atoms with Crippen molar-refractivity contribution in [3.8, 4) is 0 Å². The van der Waals surface area contributed by atoms with Gasteiger partial charge in [0.15, 0.2) is 0 Å². The Morgan fingerprint density at radius 3 is 2.27 bits per heavy atom. The molecule has 0 N–H and O–H groups in total. The van der Waals surface area contributed by atoms with E-state index in [2.05, 4.69) is 18.7 Å². The molecule has 2 heteroatoms. The molecule has 0 unspecified atom stereocenters. The lowest BCUT2D eigenvalue weighted by atomic mass is 9.93. The molecule has 0 aromatic carbocycles. The van der Waals surface area contributed by atoms with Crippen LogP contribution in [0.3, 0.4) is 0 Å². The van der Waals surface area contributed by atoms with Crippen molar-refractivity contribution in [2.45, 2.75) is 57.8 Å². The van der Waals surface area contributed by atoms with Crippen molar-refractivity contribution >= 4 is 0 Å². The number of fused-ring (bicyclic) bond motifs is 2. The molecule has 5 atom stereocenters. The molecule has 0 radical (unpaired) electrons. The van der Waals surface area contributed by atoms with Gasteiger partial charge in [0.1, 0.15) is 0 Å². The van der Waals surface area contributed by atoms with Crippen molar-refractivity contribution < 1.29 is 4.74 Å². The molecule has 1 heterocycles. The minimum absolute atomic E-state index is 0.438. The molecular formula is C13H23NO. The zero-order valence-corrected chi connectivity index (χ0v) is 9.98. The van der Waals surface area contributed by atoms with Crippen LogP contribution in [0.1, 0.15) is 39.5 Å². The average molecular weight is 209 g/mol. The summed E-state index contributed by atoms with van der Waals surface area (Å²) >= 11 is 0. The fourth-order valence-corrected chi connectivity index (χ4v) is 4.15. The van der Waals surface area contributed by atoms with E-state index in [-0.39, 0.29) is 0 Å². The normalized spacial score (nSPS) is 51.2. The minimum Gasteiger partial charge on any atom is -0.373 e. The predicted octanol–water partition coefficient (Wildman–Crippen LogP) is 2.28. The molecule has 3 rings (SSSR count). The Balaban J connectivity index is 1.66. The molecule has 3 aliphatic rings. The largest absolute Gasteiger partial charge is 0.373 e. The van der Waals surface area contributed by atoms with Crippen LogP contribution < -0.4 is 0 Å². The topological polar surface area (TPSA) is 12.5 Å². The second-order valence-corrected chi connectivity index (χ2v) is 5.95. The van der Waals surface area contributed by atoms with Gasteiger partial charge in [-0.25, -0.2) is 0 Å². The second kappa shape index (κ2) is 3.74. The van der Waals surface area contributed by atoms with Crippen LogP contribution >= 0.6 is 0 Å². The van der Waals surface area contributed by atoms with Crippen LogP contribution in [-0.4, -0.2) is 36.2 Å². The van der Waals surface area contributed by atoms with Crippen molar-refractivity contribution in [2.24, 2.45) is 11.8 Å². The fourth-order valence-electron chi connectivity index (χ4n) is 4.15. The van der Waals surface area contributed by atoms with Crippen LogP contribution in [0.2, 0.25) is 0 Å². The molecule has 3 fully saturated rings. The summed E-state index contributed by atoms with van der Waals surface area (Å²) in [5, 5.41) is 0. The molecule has 0 aromatic heterocycles. The predicted molar refractivity (Wildman–Crippen MR) is 60.8 cm³/mol. The highest BCUT2D eigenvalue weighted by Gasteiger charge is 2.43. The van der Waals surface area contributed by atoms with Crippen molar-refractivity contribution in [3.05, 3.63) is 0 Å². The van der Waals surface area contributed by atoms with Gasteiger partial charge in [0.2, 0.25) is 0 Å². The van der Waals surface area contributed by atoms with E-state index in [1.54, 1.807) is 0 Å². The maximum atomic E-state index is 5.81. The smallest absolute Gasteiger partial charge is 0.0678 e. The Morgan fingerprint density at radius 1 is 1.00 bits per heavy atom. The van der Waals surface area contributed by atoms with E-state index in [1.807, 2.05) is 0 Å². The second-order valence-electron chi connectivity index (χ2n) is 5.95. The summed E-state index contributed by atoms with van der Waals surface area (Å²) in [5.74, 6) is 2.08. The minimum atomic E-state index is 0.438. The van der Waals surface area contributed by atoms with Gasteiger partial charge in [-0.05, 0) is 44.9 Å². The van der Waals surface area contributed by atoms with Crippen molar-refractivity contribution in [2.75, 3.05) is 13.1 Å². The standard InChI is InChI=1S/C13H23NO/c1-9-7-14(8-10(2)15-9)13-6-11-3-4-12(13)5-11/h9-13H,3-8H2,1-2H3/t9-,10+,11-,12-,13+/m1/s1. The number of rotatable bonds is 1. The number of ether oxygens (including phenoxy) is 1. The molecule has 1 saturated heterocycles. The number of nitrogens with zero attached hydrogens (tertiary/aromatic N) is 1. The first-order valence-corrected chi connectivity index (χ1v) is 6.62. The van der Waals surface area contributed by atoms with Gasteiger partial charge in [0, 0.05) is 19.1 Å². The van der Waals surface area contributed by atoms with Crippen molar-refractivity contribution in [1.82, 2.24) is 4.90 Å². The summed E-state index contributed by atoms with van der Waals surface area (Å²) in [6.07, 6.45) is 6.88. The molecule has 1 aliphatic heterocycles. The highest BCUT2D eigenvalue weighted by atomic mass is 16.5. The summed E-state index contributed by atoms with van der Waals surface area (Å²) in [6.45, 7) is 6.77. The van der Waals surface area contributed by atoms with E-state index >= 15 is 0 Å². The molecule has 86 valence electrons. The molecule has 0 spiro atoms. The SMILES string of the molecule is C[C@@H]1CN([C@H]2C[C@@H]3CC[C@@H]2C3)C[C@H](C)O1. The maximum Gasteiger partial charge on any atom is 0.0678 e. The zero-order chi connectivity index (χ0) is 10.4. The maximum absolute atomic E-state index is 5.81. The quantitative estimate of drug-likeness (QED) is 0.657. The third kappa shape index (κ3) is 1.83. The molecule has 2 bridgehead atoms. The van der Waals surface area contributed by atoms with Crippen molar-refractivity contribution in [3.63, 3.8) is 0 Å². The monoisotopic (exact) mass is 209 g/mol. The third-order valence-corrected chi connectivity index (χ3v) is 4.62. The van der Waals surface area contributed by atoms with E-state index in [4.69, 9.17) is 4.74 Å². The number of hydrogen-bond donors (Lipinski definition) is 0. The molecule has 0 amide bonds. The van der Waals surface area contributed by atoms with Gasteiger partial charge in [0.25, 0.3) is 0 Å². The summed E-state index contributed by atoms with van der Waals surface area (Å²) in [5.41, 5.74) is 0. The summed E-state index contributed by atoms with van der Waals surface area (Å²) in [7, 11) is 0. The average Bonchev–Trinajstić information content (AvgIpc) is 2.76. The Bertz CT molecular complexity index is 233. The molecular weight excluding hydrogens is 186 g/mol. The van der Waals surface area contributed by atoms with Gasteiger partial charge < -0.3 is 4.74 Å². The Hall–Kier alpha value is -0.0800. The van der Waals surface area contributed by atoms with E-state index in [0.29, 0.717) is 12.2 Å². The number of morpholine rings is 1. The van der Waals surface area contributed by atoms with E-state index in [0.717, 1.165) is 31.0 Å². The summed E-state index contributed by atoms with van der Waals surface area (Å²) in [4.78, 5) is 2.72. The Labute approximate surface area is 93.0 Å². The third-order valence-electron chi connectivity index (χ3n) is 4.62. The highest BCUT2D eigenvalue weighted by Crippen LogP contribution is 2.47. The lowest BCUT2D eigenvalue weighted by Crippen LogP contribution is -2.51. The number of hydrogen-bond acceptors (Lipinski definition) is 2. The van der Waals surface area contributed by atoms with Gasteiger partial charge in [-0.2, -0.15) is 0 Å². The van der Waals surface area contributed by atoms with Crippen LogP contribution in [0, 0.1) is 11.8 Å². The van der Waals surface area contributed by atoms with Gasteiger partial charge in [-0.15, -0.1) is 0 Å². The molecule has 2 aliphatic carbocycles. The van der Waals surface area contributed by atoms with Crippen LogP contribution in [-0.2, 0) is 4.74 Å². The van der Waals surface area contributed by atoms with E-state index in [1.165, 1.54) is 25.7 Å². The van der Waals surface area contributed by atoms with Crippen LogP contribution in [0.5, 0.6) is 0 Å². The first-order valence-electron chi connectivity index (χ1n) is 6.62. The first-order chi connectivity index (χ1) is 7.22. The van der Waals surface area contributed by atoms with Crippen LogP contribution in [0.25, 0.3) is 0 Å². The molecule has 15 heavy (non-hydrogen) atoms.